The van der Waals surface area contributed by atoms with Crippen LogP contribution in [0.15, 0.2) is 0 Å². The molecule has 1 fully saturated rings. The Labute approximate surface area is 100.0 Å². The summed E-state index contributed by atoms with van der Waals surface area (Å²) in [4.78, 5) is 4.61. The fourth-order valence-electron chi connectivity index (χ4n) is 2.52. The Kier molecular flexibility index (Phi) is 2.90. The van der Waals surface area contributed by atoms with Gasteiger partial charge in [0.25, 0.3) is 0 Å². The zero-order valence-corrected chi connectivity index (χ0v) is 10.2. The van der Waals surface area contributed by atoms with Gasteiger partial charge in [-0.1, -0.05) is 0 Å². The number of hydrogen-bond acceptors (Lipinski definition) is 4. The van der Waals surface area contributed by atoms with E-state index in [1.807, 2.05) is 16.4 Å². The van der Waals surface area contributed by atoms with Gasteiger partial charge >= 0.3 is 0 Å². The molecule has 0 spiro atoms. The van der Waals surface area contributed by atoms with E-state index < -0.39 is 0 Å². The first-order valence-electron chi connectivity index (χ1n) is 6.10. The molecular formula is C11H18N4S. The van der Waals surface area contributed by atoms with Crippen molar-refractivity contribution < 1.29 is 0 Å². The van der Waals surface area contributed by atoms with Gasteiger partial charge in [-0.2, -0.15) is 16.9 Å². The van der Waals surface area contributed by atoms with Gasteiger partial charge in [0, 0.05) is 13.0 Å². The predicted molar refractivity (Wildman–Crippen MR) is 65.3 cm³/mol. The van der Waals surface area contributed by atoms with E-state index in [9.17, 15) is 0 Å². The van der Waals surface area contributed by atoms with Crippen LogP contribution >= 0.6 is 11.8 Å². The zero-order chi connectivity index (χ0) is 11.0. The highest BCUT2D eigenvalue weighted by Crippen LogP contribution is 2.27. The highest BCUT2D eigenvalue weighted by molar-refractivity contribution is 7.99. The Morgan fingerprint density at radius 1 is 1.44 bits per heavy atom. The molecule has 3 heterocycles. The van der Waals surface area contributed by atoms with E-state index in [-0.39, 0.29) is 6.04 Å². The molecule has 0 saturated carbocycles. The van der Waals surface area contributed by atoms with Crippen LogP contribution in [0, 0.1) is 5.92 Å². The van der Waals surface area contributed by atoms with E-state index in [2.05, 4.69) is 10.1 Å². The topological polar surface area (TPSA) is 56.7 Å². The third-order valence-corrected chi connectivity index (χ3v) is 4.69. The highest BCUT2D eigenvalue weighted by Gasteiger charge is 2.23. The molecule has 3 rings (SSSR count). The maximum Gasteiger partial charge on any atom is 0.151 e. The van der Waals surface area contributed by atoms with Crippen LogP contribution in [-0.4, -0.2) is 26.3 Å². The number of aryl methyl sites for hydroxylation is 1. The molecule has 5 heteroatoms. The number of fused-ring (bicyclic) bond motifs is 1. The smallest absolute Gasteiger partial charge is 0.151 e. The van der Waals surface area contributed by atoms with E-state index in [0.717, 1.165) is 43.4 Å². The summed E-state index contributed by atoms with van der Waals surface area (Å²) in [5.74, 6) is 5.38. The summed E-state index contributed by atoms with van der Waals surface area (Å²) in [7, 11) is 0. The second-order valence-corrected chi connectivity index (χ2v) is 5.94. The van der Waals surface area contributed by atoms with E-state index >= 15 is 0 Å². The van der Waals surface area contributed by atoms with Crippen LogP contribution in [0.4, 0.5) is 0 Å². The first kappa shape index (κ1) is 10.6. The minimum Gasteiger partial charge on any atom is -0.321 e. The molecule has 88 valence electrons. The Balaban J connectivity index is 1.75. The number of nitrogens with two attached hydrogens (primary N) is 1. The lowest BCUT2D eigenvalue weighted by Gasteiger charge is -2.17. The van der Waals surface area contributed by atoms with E-state index in [0.29, 0.717) is 0 Å². The van der Waals surface area contributed by atoms with E-state index in [1.165, 1.54) is 17.9 Å². The Morgan fingerprint density at radius 3 is 3.12 bits per heavy atom. The Hall–Kier alpha value is -0.550. The molecule has 0 amide bonds. The standard InChI is InChI=1S/C11H18N4S/c12-9-2-1-4-15-11(9)13-10(14-15)6-8-3-5-16-7-8/h8-9H,1-7,12H2. The van der Waals surface area contributed by atoms with Crippen molar-refractivity contribution in [2.45, 2.75) is 38.3 Å². The third kappa shape index (κ3) is 1.98. The molecule has 0 radical (unpaired) electrons. The molecule has 2 N–H and O–H groups in total. The lowest BCUT2D eigenvalue weighted by Crippen LogP contribution is -2.22. The summed E-state index contributed by atoms with van der Waals surface area (Å²) in [5, 5.41) is 4.58. The van der Waals surface area contributed by atoms with Crippen molar-refractivity contribution in [2.75, 3.05) is 11.5 Å². The van der Waals surface area contributed by atoms with Gasteiger partial charge in [0.1, 0.15) is 5.82 Å². The molecule has 4 nitrogen and oxygen atoms in total. The summed E-state index contributed by atoms with van der Waals surface area (Å²) in [6.45, 7) is 0.995. The van der Waals surface area contributed by atoms with Crippen molar-refractivity contribution in [3.05, 3.63) is 11.6 Å². The van der Waals surface area contributed by atoms with E-state index in [4.69, 9.17) is 5.73 Å². The summed E-state index contributed by atoms with van der Waals surface area (Å²) < 4.78 is 2.02. The van der Waals surface area contributed by atoms with Gasteiger partial charge in [0.15, 0.2) is 5.82 Å². The second kappa shape index (κ2) is 4.37. The van der Waals surface area contributed by atoms with Gasteiger partial charge in [-0.3, -0.25) is 0 Å². The van der Waals surface area contributed by atoms with Gasteiger partial charge in [-0.05, 0) is 36.7 Å². The SMILES string of the molecule is NC1CCCn2nc(CC3CCSC3)nc21. The van der Waals surface area contributed by atoms with Crippen LogP contribution in [0.1, 0.15) is 37.0 Å². The Morgan fingerprint density at radius 2 is 2.38 bits per heavy atom. The molecule has 0 aliphatic carbocycles. The number of rotatable bonds is 2. The molecule has 2 unspecified atom stereocenters. The molecule has 2 aliphatic heterocycles. The van der Waals surface area contributed by atoms with Gasteiger partial charge in [0.2, 0.25) is 0 Å². The summed E-state index contributed by atoms with van der Waals surface area (Å²) in [6, 6.07) is 0.105. The van der Waals surface area contributed by atoms with Crippen LogP contribution in [0.25, 0.3) is 0 Å². The number of hydrogen-bond donors (Lipinski definition) is 1. The molecule has 0 bridgehead atoms. The van der Waals surface area contributed by atoms with Crippen LogP contribution in [-0.2, 0) is 13.0 Å². The zero-order valence-electron chi connectivity index (χ0n) is 9.43. The maximum atomic E-state index is 6.04. The van der Waals surface area contributed by atoms with Crippen LogP contribution < -0.4 is 5.73 Å². The highest BCUT2D eigenvalue weighted by atomic mass is 32.2. The van der Waals surface area contributed by atoms with Crippen molar-refractivity contribution in [1.82, 2.24) is 14.8 Å². The van der Waals surface area contributed by atoms with Crippen molar-refractivity contribution in [3.63, 3.8) is 0 Å². The molecule has 1 aromatic heterocycles. The minimum atomic E-state index is 0.105. The first-order valence-corrected chi connectivity index (χ1v) is 7.25. The molecule has 2 atom stereocenters. The largest absolute Gasteiger partial charge is 0.321 e. The minimum absolute atomic E-state index is 0.105. The van der Waals surface area contributed by atoms with Crippen molar-refractivity contribution in [1.29, 1.82) is 0 Å². The van der Waals surface area contributed by atoms with Gasteiger partial charge in [-0.25, -0.2) is 9.67 Å². The molecule has 0 aromatic carbocycles. The van der Waals surface area contributed by atoms with E-state index in [1.54, 1.807) is 0 Å². The molecule has 1 saturated heterocycles. The fraction of sp³-hybridized carbons (Fsp3) is 0.818. The number of aromatic nitrogens is 3. The van der Waals surface area contributed by atoms with Crippen LogP contribution in [0.5, 0.6) is 0 Å². The fourth-order valence-corrected chi connectivity index (χ4v) is 3.81. The summed E-state index contributed by atoms with van der Waals surface area (Å²) in [5.41, 5.74) is 6.04. The van der Waals surface area contributed by atoms with Gasteiger partial charge in [0.05, 0.1) is 6.04 Å². The Bertz CT molecular complexity index is 370. The molecule has 1 aromatic rings. The first-order chi connectivity index (χ1) is 7.83. The molecule has 2 aliphatic rings. The van der Waals surface area contributed by atoms with Gasteiger partial charge < -0.3 is 5.73 Å². The maximum absolute atomic E-state index is 6.04. The van der Waals surface area contributed by atoms with Crippen molar-refractivity contribution in [3.8, 4) is 0 Å². The second-order valence-electron chi connectivity index (χ2n) is 4.79. The lowest BCUT2D eigenvalue weighted by atomic mass is 10.1. The lowest BCUT2D eigenvalue weighted by molar-refractivity contribution is 0.421. The van der Waals surface area contributed by atoms with Crippen LogP contribution in [0.2, 0.25) is 0 Å². The van der Waals surface area contributed by atoms with Crippen molar-refractivity contribution in [2.24, 2.45) is 11.7 Å². The third-order valence-electron chi connectivity index (χ3n) is 3.46. The molecular weight excluding hydrogens is 220 g/mol. The monoisotopic (exact) mass is 238 g/mol. The van der Waals surface area contributed by atoms with Crippen LogP contribution in [0.3, 0.4) is 0 Å². The summed E-state index contributed by atoms with van der Waals surface area (Å²) in [6.07, 6.45) is 4.55. The predicted octanol–water partition coefficient (Wildman–Crippen LogP) is 1.37. The quantitative estimate of drug-likeness (QED) is 0.845. The number of thioether (sulfide) groups is 1. The normalized spacial score (nSPS) is 29.3. The molecule has 16 heavy (non-hydrogen) atoms. The number of nitrogens with zero attached hydrogens (tertiary/aromatic N) is 3. The average molecular weight is 238 g/mol. The average Bonchev–Trinajstić information content (AvgIpc) is 2.88. The summed E-state index contributed by atoms with van der Waals surface area (Å²) >= 11 is 2.05. The van der Waals surface area contributed by atoms with Crippen molar-refractivity contribution >= 4 is 11.8 Å². The van der Waals surface area contributed by atoms with Gasteiger partial charge in [-0.15, -0.1) is 0 Å².